The number of carboxylic acid groups (broad SMARTS) is 1. The Bertz CT molecular complexity index is 858. The van der Waals surface area contributed by atoms with Gasteiger partial charge in [-0.2, -0.15) is 0 Å². The monoisotopic (exact) mass is 373 g/mol. The number of hydrogen-bond acceptors (Lipinski definition) is 5. The SMILES string of the molecule is COc1ccc(Cc2nc(C(=O)NC(CC(C)C)C(=O)O)cc(=O)[nH]2)cc1. The number of carbonyl (C=O) groups excluding carboxylic acids is 1. The average molecular weight is 373 g/mol. The van der Waals surface area contributed by atoms with E-state index in [2.05, 4.69) is 15.3 Å². The Morgan fingerprint density at radius 2 is 1.93 bits per heavy atom. The molecule has 8 nitrogen and oxygen atoms in total. The number of aromatic nitrogens is 2. The number of nitrogens with zero attached hydrogens (tertiary/aromatic N) is 1. The summed E-state index contributed by atoms with van der Waals surface area (Å²) in [6.45, 7) is 3.72. The van der Waals surface area contributed by atoms with E-state index in [9.17, 15) is 19.5 Å². The second-order valence-electron chi connectivity index (χ2n) is 6.60. The molecule has 0 saturated heterocycles. The standard InChI is InChI=1S/C19H23N3O5/c1-11(2)8-15(19(25)26)21-18(24)14-10-17(23)22-16(20-14)9-12-4-6-13(27-3)7-5-12/h4-7,10-11,15H,8-9H2,1-3H3,(H,21,24)(H,25,26)(H,20,22,23). The fraction of sp³-hybridized carbons (Fsp3) is 0.368. The summed E-state index contributed by atoms with van der Waals surface area (Å²) < 4.78 is 5.10. The van der Waals surface area contributed by atoms with Crippen molar-refractivity contribution >= 4 is 11.9 Å². The molecule has 0 aliphatic rings. The van der Waals surface area contributed by atoms with Crippen molar-refractivity contribution in [2.75, 3.05) is 7.11 Å². The number of carboxylic acids is 1. The van der Waals surface area contributed by atoms with Crippen LogP contribution in [0.25, 0.3) is 0 Å². The highest BCUT2D eigenvalue weighted by molar-refractivity contribution is 5.94. The predicted molar refractivity (Wildman–Crippen MR) is 99.0 cm³/mol. The molecule has 1 aromatic carbocycles. The van der Waals surface area contributed by atoms with E-state index >= 15 is 0 Å². The maximum atomic E-state index is 12.4. The maximum Gasteiger partial charge on any atom is 0.326 e. The van der Waals surface area contributed by atoms with Gasteiger partial charge in [-0.3, -0.25) is 9.59 Å². The van der Waals surface area contributed by atoms with Gasteiger partial charge in [-0.25, -0.2) is 9.78 Å². The number of H-pyrrole nitrogens is 1. The van der Waals surface area contributed by atoms with Crippen molar-refractivity contribution in [3.05, 3.63) is 57.8 Å². The number of methoxy groups -OCH3 is 1. The Kier molecular flexibility index (Phi) is 6.70. The lowest BCUT2D eigenvalue weighted by Crippen LogP contribution is -2.42. The van der Waals surface area contributed by atoms with Gasteiger partial charge >= 0.3 is 5.97 Å². The average Bonchev–Trinajstić information content (AvgIpc) is 2.60. The van der Waals surface area contributed by atoms with E-state index in [-0.39, 0.29) is 18.0 Å². The van der Waals surface area contributed by atoms with Gasteiger partial charge in [0.2, 0.25) is 0 Å². The first-order valence-corrected chi connectivity index (χ1v) is 8.55. The van der Waals surface area contributed by atoms with E-state index in [0.717, 1.165) is 11.6 Å². The highest BCUT2D eigenvalue weighted by Crippen LogP contribution is 2.13. The van der Waals surface area contributed by atoms with E-state index in [1.54, 1.807) is 19.2 Å². The van der Waals surface area contributed by atoms with Crippen LogP contribution in [0.2, 0.25) is 0 Å². The second-order valence-corrected chi connectivity index (χ2v) is 6.60. The van der Waals surface area contributed by atoms with Crippen molar-refractivity contribution in [3.63, 3.8) is 0 Å². The normalized spacial score (nSPS) is 11.9. The third kappa shape index (κ3) is 5.95. The molecule has 1 unspecified atom stereocenters. The quantitative estimate of drug-likeness (QED) is 0.646. The van der Waals surface area contributed by atoms with Gasteiger partial charge in [0.1, 0.15) is 23.3 Å². The van der Waals surface area contributed by atoms with Crippen molar-refractivity contribution in [1.29, 1.82) is 0 Å². The number of ether oxygens (including phenoxy) is 1. The van der Waals surface area contributed by atoms with E-state index in [1.165, 1.54) is 0 Å². The minimum absolute atomic E-state index is 0.0872. The summed E-state index contributed by atoms with van der Waals surface area (Å²) in [6, 6.07) is 7.24. The van der Waals surface area contributed by atoms with Crippen LogP contribution in [0.5, 0.6) is 5.75 Å². The molecule has 1 aromatic heterocycles. The largest absolute Gasteiger partial charge is 0.497 e. The topological polar surface area (TPSA) is 121 Å². The molecular formula is C19H23N3O5. The van der Waals surface area contributed by atoms with Crippen LogP contribution >= 0.6 is 0 Å². The van der Waals surface area contributed by atoms with Crippen molar-refractivity contribution in [2.45, 2.75) is 32.7 Å². The minimum Gasteiger partial charge on any atom is -0.497 e. The number of rotatable bonds is 8. The van der Waals surface area contributed by atoms with Crippen molar-refractivity contribution in [3.8, 4) is 5.75 Å². The lowest BCUT2D eigenvalue weighted by Gasteiger charge is -2.16. The Morgan fingerprint density at radius 1 is 1.26 bits per heavy atom. The Labute approximate surface area is 156 Å². The number of aromatic amines is 1. The van der Waals surface area contributed by atoms with Crippen LogP contribution in [-0.4, -0.2) is 40.1 Å². The van der Waals surface area contributed by atoms with Crippen LogP contribution in [0, 0.1) is 5.92 Å². The van der Waals surface area contributed by atoms with E-state index in [0.29, 0.717) is 18.0 Å². The van der Waals surface area contributed by atoms with Crippen LogP contribution in [-0.2, 0) is 11.2 Å². The highest BCUT2D eigenvalue weighted by atomic mass is 16.5. The zero-order chi connectivity index (χ0) is 20.0. The van der Waals surface area contributed by atoms with Crippen molar-refractivity contribution in [2.24, 2.45) is 5.92 Å². The molecule has 144 valence electrons. The molecule has 1 amide bonds. The molecule has 0 saturated carbocycles. The molecule has 8 heteroatoms. The van der Waals surface area contributed by atoms with Gasteiger partial charge in [-0.1, -0.05) is 26.0 Å². The van der Waals surface area contributed by atoms with Gasteiger partial charge in [0.05, 0.1) is 7.11 Å². The molecule has 0 spiro atoms. The van der Waals surface area contributed by atoms with E-state index < -0.39 is 23.5 Å². The summed E-state index contributed by atoms with van der Waals surface area (Å²) in [7, 11) is 1.57. The van der Waals surface area contributed by atoms with Gasteiger partial charge in [0.25, 0.3) is 11.5 Å². The highest BCUT2D eigenvalue weighted by Gasteiger charge is 2.22. The summed E-state index contributed by atoms with van der Waals surface area (Å²) in [5.41, 5.74) is 0.284. The summed E-state index contributed by atoms with van der Waals surface area (Å²) >= 11 is 0. The first-order chi connectivity index (χ1) is 12.8. The number of aliphatic carboxylic acids is 1. The van der Waals surface area contributed by atoms with Crippen LogP contribution in [0.1, 0.15) is 42.1 Å². The lowest BCUT2D eigenvalue weighted by molar-refractivity contribution is -0.139. The molecule has 2 rings (SSSR count). The fourth-order valence-electron chi connectivity index (χ4n) is 2.57. The number of nitrogens with one attached hydrogen (secondary N) is 2. The summed E-state index contributed by atoms with van der Waals surface area (Å²) in [5, 5.41) is 11.7. The van der Waals surface area contributed by atoms with Gasteiger partial charge in [-0.05, 0) is 30.0 Å². The second kappa shape index (κ2) is 8.98. The van der Waals surface area contributed by atoms with Crippen LogP contribution in [0.15, 0.2) is 35.1 Å². The molecule has 2 aromatic rings. The van der Waals surface area contributed by atoms with Gasteiger partial charge in [-0.15, -0.1) is 0 Å². The molecule has 27 heavy (non-hydrogen) atoms. The van der Waals surface area contributed by atoms with Crippen LogP contribution < -0.4 is 15.6 Å². The maximum absolute atomic E-state index is 12.4. The first kappa shape index (κ1) is 20.2. The molecule has 1 heterocycles. The van der Waals surface area contributed by atoms with Crippen molar-refractivity contribution < 1.29 is 19.4 Å². The molecule has 0 bridgehead atoms. The summed E-state index contributed by atoms with van der Waals surface area (Å²) in [6.07, 6.45) is 0.595. The molecule has 1 atom stereocenters. The number of benzene rings is 1. The predicted octanol–water partition coefficient (Wildman–Crippen LogP) is 1.60. The third-order valence-corrected chi connectivity index (χ3v) is 3.86. The molecule has 0 fully saturated rings. The number of carbonyl (C=O) groups is 2. The fourth-order valence-corrected chi connectivity index (χ4v) is 2.57. The van der Waals surface area contributed by atoms with Gasteiger partial charge < -0.3 is 20.1 Å². The number of amides is 1. The Hall–Kier alpha value is -3.16. The Morgan fingerprint density at radius 3 is 2.48 bits per heavy atom. The molecular weight excluding hydrogens is 350 g/mol. The smallest absolute Gasteiger partial charge is 0.326 e. The molecule has 0 radical (unpaired) electrons. The van der Waals surface area contributed by atoms with E-state index in [1.807, 2.05) is 26.0 Å². The zero-order valence-electron chi connectivity index (χ0n) is 15.5. The Balaban J connectivity index is 2.18. The minimum atomic E-state index is -1.12. The molecule has 0 aliphatic carbocycles. The first-order valence-electron chi connectivity index (χ1n) is 8.55. The third-order valence-electron chi connectivity index (χ3n) is 3.86. The molecule has 3 N–H and O–H groups in total. The zero-order valence-corrected chi connectivity index (χ0v) is 15.5. The lowest BCUT2D eigenvalue weighted by atomic mass is 10.0. The summed E-state index contributed by atoms with van der Waals surface area (Å²) in [4.78, 5) is 42.3. The van der Waals surface area contributed by atoms with Gasteiger partial charge in [0, 0.05) is 12.5 Å². The van der Waals surface area contributed by atoms with Crippen molar-refractivity contribution in [1.82, 2.24) is 15.3 Å². The number of hydrogen-bond donors (Lipinski definition) is 3. The van der Waals surface area contributed by atoms with Crippen LogP contribution in [0.3, 0.4) is 0 Å². The van der Waals surface area contributed by atoms with E-state index in [4.69, 9.17) is 4.74 Å². The summed E-state index contributed by atoms with van der Waals surface area (Å²) in [5.74, 6) is -0.707. The van der Waals surface area contributed by atoms with Gasteiger partial charge in [0.15, 0.2) is 0 Å². The molecule has 0 aliphatic heterocycles. The van der Waals surface area contributed by atoms with Crippen LogP contribution in [0.4, 0.5) is 0 Å².